The van der Waals surface area contributed by atoms with Crippen LogP contribution in [0.15, 0.2) is 36.4 Å². The summed E-state index contributed by atoms with van der Waals surface area (Å²) in [5.74, 6) is 2.87. The van der Waals surface area contributed by atoms with Gasteiger partial charge in [0, 0.05) is 12.5 Å². The molecule has 0 aliphatic carbocycles. The zero-order chi connectivity index (χ0) is 18.5. The Kier molecular flexibility index (Phi) is 5.51. The molecular formula is C20H23NO5. The third-order valence-electron chi connectivity index (χ3n) is 4.33. The number of amides is 1. The first kappa shape index (κ1) is 17.9. The first-order valence-corrected chi connectivity index (χ1v) is 8.50. The van der Waals surface area contributed by atoms with Gasteiger partial charge < -0.3 is 24.3 Å². The van der Waals surface area contributed by atoms with Crippen LogP contribution in [0, 0.1) is 0 Å². The van der Waals surface area contributed by atoms with E-state index >= 15 is 0 Å². The predicted molar refractivity (Wildman–Crippen MR) is 97.0 cm³/mol. The summed E-state index contributed by atoms with van der Waals surface area (Å²) in [4.78, 5) is 12.3. The van der Waals surface area contributed by atoms with Gasteiger partial charge in [0.25, 0.3) is 0 Å². The van der Waals surface area contributed by atoms with Crippen molar-refractivity contribution in [1.29, 1.82) is 0 Å². The number of carbonyl (C=O) groups is 1. The zero-order valence-electron chi connectivity index (χ0n) is 15.2. The molecule has 3 rings (SSSR count). The third-order valence-corrected chi connectivity index (χ3v) is 4.33. The minimum atomic E-state index is -0.114. The molecule has 1 atom stereocenters. The van der Waals surface area contributed by atoms with Crippen LogP contribution in [0.25, 0.3) is 0 Å². The van der Waals surface area contributed by atoms with E-state index in [1.165, 1.54) is 0 Å². The minimum Gasteiger partial charge on any atom is -0.497 e. The molecule has 0 bridgehead atoms. The lowest BCUT2D eigenvalue weighted by Gasteiger charge is -2.15. The summed E-state index contributed by atoms with van der Waals surface area (Å²) in [7, 11) is 3.22. The van der Waals surface area contributed by atoms with Gasteiger partial charge in [0.1, 0.15) is 11.5 Å². The van der Waals surface area contributed by atoms with Gasteiger partial charge in [0.2, 0.25) is 12.7 Å². The molecule has 2 aromatic carbocycles. The summed E-state index contributed by atoms with van der Waals surface area (Å²) in [5.41, 5.74) is 1.97. The van der Waals surface area contributed by atoms with E-state index in [1.807, 2.05) is 43.3 Å². The van der Waals surface area contributed by atoms with Gasteiger partial charge in [-0.2, -0.15) is 0 Å². The monoisotopic (exact) mass is 357 g/mol. The first-order chi connectivity index (χ1) is 12.6. The van der Waals surface area contributed by atoms with Crippen molar-refractivity contribution in [3.8, 4) is 23.0 Å². The van der Waals surface area contributed by atoms with Crippen LogP contribution in [0.1, 0.15) is 30.5 Å². The smallest absolute Gasteiger partial charge is 0.231 e. The molecule has 1 aliphatic rings. The van der Waals surface area contributed by atoms with E-state index in [2.05, 4.69) is 5.32 Å². The van der Waals surface area contributed by atoms with E-state index in [1.54, 1.807) is 14.2 Å². The van der Waals surface area contributed by atoms with E-state index in [4.69, 9.17) is 18.9 Å². The van der Waals surface area contributed by atoms with Crippen LogP contribution in [0.5, 0.6) is 23.0 Å². The summed E-state index contributed by atoms with van der Waals surface area (Å²) >= 11 is 0. The second-order valence-electron chi connectivity index (χ2n) is 6.12. The quantitative estimate of drug-likeness (QED) is 0.824. The van der Waals surface area contributed by atoms with E-state index in [9.17, 15) is 4.79 Å². The number of methoxy groups -OCH3 is 2. The molecule has 6 heteroatoms. The van der Waals surface area contributed by atoms with Crippen molar-refractivity contribution in [3.63, 3.8) is 0 Å². The topological polar surface area (TPSA) is 66.0 Å². The highest BCUT2D eigenvalue weighted by atomic mass is 16.7. The van der Waals surface area contributed by atoms with Crippen LogP contribution in [0.2, 0.25) is 0 Å². The normalized spacial score (nSPS) is 13.2. The average Bonchev–Trinajstić information content (AvgIpc) is 3.13. The molecule has 0 radical (unpaired) electrons. The molecule has 138 valence electrons. The maximum Gasteiger partial charge on any atom is 0.231 e. The molecule has 26 heavy (non-hydrogen) atoms. The van der Waals surface area contributed by atoms with Crippen LogP contribution >= 0.6 is 0 Å². The molecule has 2 aromatic rings. The number of benzene rings is 2. The van der Waals surface area contributed by atoms with Crippen molar-refractivity contribution in [2.75, 3.05) is 21.0 Å². The Morgan fingerprint density at radius 2 is 1.77 bits per heavy atom. The molecule has 0 saturated heterocycles. The molecule has 1 N–H and O–H groups in total. The highest BCUT2D eigenvalue weighted by Gasteiger charge is 2.17. The third kappa shape index (κ3) is 4.20. The van der Waals surface area contributed by atoms with Crippen molar-refractivity contribution in [2.24, 2.45) is 0 Å². The van der Waals surface area contributed by atoms with Crippen molar-refractivity contribution in [2.45, 2.75) is 25.8 Å². The maximum atomic E-state index is 12.3. The lowest BCUT2D eigenvalue weighted by atomic mass is 10.1. The lowest BCUT2D eigenvalue weighted by molar-refractivity contribution is -0.121. The summed E-state index contributed by atoms with van der Waals surface area (Å²) in [6, 6.07) is 11.2. The standard InChI is InChI=1S/C20H23NO5/c1-13(15-5-6-18-19(10-15)26-12-25-18)21-20(22)7-4-14-8-16(23-2)11-17(9-14)24-3/h5-6,8-11,13H,4,7,12H2,1-3H3,(H,21,22). The van der Waals surface area contributed by atoms with E-state index in [-0.39, 0.29) is 18.7 Å². The number of rotatable bonds is 7. The minimum absolute atomic E-state index is 0.0167. The van der Waals surface area contributed by atoms with Gasteiger partial charge in [-0.25, -0.2) is 0 Å². The molecule has 0 spiro atoms. The first-order valence-electron chi connectivity index (χ1n) is 8.50. The zero-order valence-corrected chi connectivity index (χ0v) is 15.2. The Labute approximate surface area is 153 Å². The van der Waals surface area contributed by atoms with E-state index < -0.39 is 0 Å². The lowest BCUT2D eigenvalue weighted by Crippen LogP contribution is -2.26. The molecule has 1 aliphatic heterocycles. The number of ether oxygens (including phenoxy) is 4. The van der Waals surface area contributed by atoms with E-state index in [0.29, 0.717) is 30.1 Å². The van der Waals surface area contributed by atoms with Crippen molar-refractivity contribution in [1.82, 2.24) is 5.32 Å². The summed E-state index contributed by atoms with van der Waals surface area (Å²) in [5, 5.41) is 3.02. The Balaban J connectivity index is 1.57. The van der Waals surface area contributed by atoms with Gasteiger partial charge in [-0.1, -0.05) is 6.07 Å². The van der Waals surface area contributed by atoms with Gasteiger partial charge in [-0.05, 0) is 48.7 Å². The molecule has 0 aromatic heterocycles. The number of hydrogen-bond acceptors (Lipinski definition) is 5. The maximum absolute atomic E-state index is 12.3. The number of hydrogen-bond donors (Lipinski definition) is 1. The van der Waals surface area contributed by atoms with Crippen LogP contribution in [-0.2, 0) is 11.2 Å². The number of fused-ring (bicyclic) bond motifs is 1. The molecule has 1 heterocycles. The van der Waals surface area contributed by atoms with Crippen LogP contribution in [-0.4, -0.2) is 26.9 Å². The van der Waals surface area contributed by atoms with Crippen LogP contribution in [0.4, 0.5) is 0 Å². The molecule has 0 saturated carbocycles. The fourth-order valence-corrected chi connectivity index (χ4v) is 2.85. The number of aryl methyl sites for hydroxylation is 1. The van der Waals surface area contributed by atoms with Gasteiger partial charge >= 0.3 is 0 Å². The average molecular weight is 357 g/mol. The van der Waals surface area contributed by atoms with Gasteiger partial charge in [-0.3, -0.25) is 4.79 Å². The molecular weight excluding hydrogens is 334 g/mol. The fraction of sp³-hybridized carbons (Fsp3) is 0.350. The number of carbonyl (C=O) groups excluding carboxylic acids is 1. The highest BCUT2D eigenvalue weighted by molar-refractivity contribution is 5.76. The molecule has 1 unspecified atom stereocenters. The van der Waals surface area contributed by atoms with Crippen molar-refractivity contribution in [3.05, 3.63) is 47.5 Å². The van der Waals surface area contributed by atoms with E-state index in [0.717, 1.165) is 16.9 Å². The second kappa shape index (κ2) is 7.99. The van der Waals surface area contributed by atoms with Crippen molar-refractivity contribution >= 4 is 5.91 Å². The van der Waals surface area contributed by atoms with Gasteiger partial charge in [-0.15, -0.1) is 0 Å². The number of nitrogens with one attached hydrogen (secondary N) is 1. The fourth-order valence-electron chi connectivity index (χ4n) is 2.85. The van der Waals surface area contributed by atoms with Gasteiger partial charge in [0.05, 0.1) is 20.3 Å². The molecule has 1 amide bonds. The Bertz CT molecular complexity index is 768. The Morgan fingerprint density at radius 1 is 1.08 bits per heavy atom. The summed E-state index contributed by atoms with van der Waals surface area (Å²) < 4.78 is 21.2. The van der Waals surface area contributed by atoms with Crippen LogP contribution in [0.3, 0.4) is 0 Å². The summed E-state index contributed by atoms with van der Waals surface area (Å²) in [6.45, 7) is 2.19. The van der Waals surface area contributed by atoms with Gasteiger partial charge in [0.15, 0.2) is 11.5 Å². The summed E-state index contributed by atoms with van der Waals surface area (Å²) in [6.07, 6.45) is 0.985. The van der Waals surface area contributed by atoms with Crippen LogP contribution < -0.4 is 24.3 Å². The predicted octanol–water partition coefficient (Wildman–Crippen LogP) is 3.24. The molecule has 6 nitrogen and oxygen atoms in total. The Morgan fingerprint density at radius 3 is 2.46 bits per heavy atom. The SMILES string of the molecule is COc1cc(CCC(=O)NC(C)c2ccc3c(c2)OCO3)cc(OC)c1. The molecule has 0 fully saturated rings. The highest BCUT2D eigenvalue weighted by Crippen LogP contribution is 2.34. The second-order valence-corrected chi connectivity index (χ2v) is 6.12. The Hall–Kier alpha value is -2.89. The van der Waals surface area contributed by atoms with Crippen molar-refractivity contribution < 1.29 is 23.7 Å². The largest absolute Gasteiger partial charge is 0.497 e.